The summed E-state index contributed by atoms with van der Waals surface area (Å²) in [6.07, 6.45) is 1.64. The molecule has 0 fully saturated rings. The van der Waals surface area contributed by atoms with E-state index in [1.165, 1.54) is 0 Å². The van der Waals surface area contributed by atoms with Crippen molar-refractivity contribution in [2.75, 3.05) is 5.32 Å². The SMILES string of the molecule is O=C1NC(=O)c2ccccc2C1=CNc1ccc(-c2ccccc2)cc1. The number of anilines is 1. The Morgan fingerprint density at radius 1 is 0.654 bits per heavy atom. The Morgan fingerprint density at radius 3 is 2.00 bits per heavy atom. The van der Waals surface area contributed by atoms with E-state index < -0.39 is 5.91 Å². The fraction of sp³-hybridized carbons (Fsp3) is 0. The maximum atomic E-state index is 12.2. The number of carbonyl (C=O) groups excluding carboxylic acids is 2. The molecule has 4 nitrogen and oxygen atoms in total. The van der Waals surface area contributed by atoms with E-state index in [0.717, 1.165) is 16.8 Å². The molecule has 2 amide bonds. The molecular formula is C22H16N2O2. The molecule has 1 heterocycles. The molecule has 3 aromatic rings. The van der Waals surface area contributed by atoms with Gasteiger partial charge < -0.3 is 5.32 Å². The Kier molecular flexibility index (Phi) is 4.07. The van der Waals surface area contributed by atoms with E-state index in [1.807, 2.05) is 48.5 Å². The van der Waals surface area contributed by atoms with Crippen LogP contribution in [-0.2, 0) is 4.79 Å². The largest absolute Gasteiger partial charge is 0.361 e. The van der Waals surface area contributed by atoms with Gasteiger partial charge in [0.25, 0.3) is 11.8 Å². The van der Waals surface area contributed by atoms with Crippen LogP contribution in [0.4, 0.5) is 5.69 Å². The third-order valence-electron chi connectivity index (χ3n) is 4.31. The zero-order chi connectivity index (χ0) is 17.9. The lowest BCUT2D eigenvalue weighted by atomic mass is 9.95. The lowest BCUT2D eigenvalue weighted by molar-refractivity contribution is -0.114. The van der Waals surface area contributed by atoms with Gasteiger partial charge in [-0.2, -0.15) is 0 Å². The number of amides is 2. The van der Waals surface area contributed by atoms with E-state index in [0.29, 0.717) is 16.7 Å². The zero-order valence-corrected chi connectivity index (χ0v) is 13.9. The van der Waals surface area contributed by atoms with E-state index in [4.69, 9.17) is 0 Å². The molecule has 0 spiro atoms. The van der Waals surface area contributed by atoms with Gasteiger partial charge >= 0.3 is 0 Å². The second-order valence-corrected chi connectivity index (χ2v) is 5.97. The maximum absolute atomic E-state index is 12.2. The summed E-state index contributed by atoms with van der Waals surface area (Å²) in [5.41, 5.74) is 4.70. The molecule has 4 heteroatoms. The zero-order valence-electron chi connectivity index (χ0n) is 13.9. The van der Waals surface area contributed by atoms with Gasteiger partial charge in [-0.05, 0) is 29.3 Å². The lowest BCUT2D eigenvalue weighted by Gasteiger charge is -2.18. The molecule has 0 aliphatic carbocycles. The van der Waals surface area contributed by atoms with Gasteiger partial charge in [0.2, 0.25) is 0 Å². The molecule has 0 aromatic heterocycles. The summed E-state index contributed by atoms with van der Waals surface area (Å²) in [5, 5.41) is 5.51. The van der Waals surface area contributed by atoms with Crippen molar-refractivity contribution in [3.05, 3.63) is 96.2 Å². The molecule has 0 radical (unpaired) electrons. The lowest BCUT2D eigenvalue weighted by Crippen LogP contribution is -2.36. The molecule has 0 saturated heterocycles. The molecule has 1 aliphatic rings. The fourth-order valence-corrected chi connectivity index (χ4v) is 2.96. The Morgan fingerprint density at radius 2 is 1.27 bits per heavy atom. The number of rotatable bonds is 3. The first kappa shape index (κ1) is 15.8. The van der Waals surface area contributed by atoms with E-state index >= 15 is 0 Å². The molecule has 2 N–H and O–H groups in total. The topological polar surface area (TPSA) is 58.2 Å². The predicted octanol–water partition coefficient (Wildman–Crippen LogP) is 4.08. The maximum Gasteiger partial charge on any atom is 0.260 e. The molecule has 0 saturated carbocycles. The Labute approximate surface area is 151 Å². The van der Waals surface area contributed by atoms with Crippen LogP contribution in [0.1, 0.15) is 15.9 Å². The number of imide groups is 1. The van der Waals surface area contributed by atoms with Gasteiger partial charge in [-0.3, -0.25) is 14.9 Å². The minimum Gasteiger partial charge on any atom is -0.361 e. The first-order valence-electron chi connectivity index (χ1n) is 8.29. The van der Waals surface area contributed by atoms with Crippen molar-refractivity contribution >= 4 is 23.1 Å². The van der Waals surface area contributed by atoms with Crippen molar-refractivity contribution in [1.29, 1.82) is 0 Å². The van der Waals surface area contributed by atoms with Crippen molar-refractivity contribution < 1.29 is 9.59 Å². The molecule has 126 valence electrons. The minimum absolute atomic E-state index is 0.366. The summed E-state index contributed by atoms with van der Waals surface area (Å²) >= 11 is 0. The highest BCUT2D eigenvalue weighted by molar-refractivity contribution is 6.31. The van der Waals surface area contributed by atoms with Crippen LogP contribution in [0.15, 0.2) is 85.1 Å². The normalized spacial score (nSPS) is 14.7. The van der Waals surface area contributed by atoms with Crippen LogP contribution in [0, 0.1) is 0 Å². The van der Waals surface area contributed by atoms with E-state index in [2.05, 4.69) is 22.8 Å². The number of hydrogen-bond donors (Lipinski definition) is 2. The average Bonchev–Trinajstić information content (AvgIpc) is 2.69. The summed E-state index contributed by atoms with van der Waals surface area (Å²) in [6.45, 7) is 0. The third kappa shape index (κ3) is 3.00. The van der Waals surface area contributed by atoms with Crippen LogP contribution in [0.5, 0.6) is 0 Å². The minimum atomic E-state index is -0.401. The van der Waals surface area contributed by atoms with Crippen molar-refractivity contribution in [3.8, 4) is 11.1 Å². The second kappa shape index (κ2) is 6.69. The second-order valence-electron chi connectivity index (χ2n) is 5.97. The van der Waals surface area contributed by atoms with Gasteiger partial charge in [-0.25, -0.2) is 0 Å². The first-order chi connectivity index (χ1) is 12.7. The Bertz CT molecular complexity index is 1010. The van der Waals surface area contributed by atoms with Crippen molar-refractivity contribution in [1.82, 2.24) is 5.32 Å². The van der Waals surface area contributed by atoms with Crippen LogP contribution in [0.25, 0.3) is 16.7 Å². The monoisotopic (exact) mass is 340 g/mol. The number of carbonyl (C=O) groups is 2. The number of fused-ring (bicyclic) bond motifs is 1. The van der Waals surface area contributed by atoms with Gasteiger partial charge in [0, 0.05) is 23.0 Å². The standard InChI is InChI=1S/C22H16N2O2/c25-21-19-9-5-4-8-18(19)20(22(26)24-21)14-23-17-12-10-16(11-13-17)15-6-2-1-3-7-15/h1-14,23H,(H,24,25,26). The molecule has 0 atom stereocenters. The first-order valence-corrected chi connectivity index (χ1v) is 8.29. The van der Waals surface area contributed by atoms with Crippen LogP contribution in [0.2, 0.25) is 0 Å². The van der Waals surface area contributed by atoms with Gasteiger partial charge in [-0.15, -0.1) is 0 Å². The van der Waals surface area contributed by atoms with Crippen LogP contribution < -0.4 is 10.6 Å². The molecule has 26 heavy (non-hydrogen) atoms. The quantitative estimate of drug-likeness (QED) is 0.558. The number of nitrogens with one attached hydrogen (secondary N) is 2. The Hall–Kier alpha value is -3.66. The van der Waals surface area contributed by atoms with Crippen molar-refractivity contribution in [2.45, 2.75) is 0 Å². The highest BCUT2D eigenvalue weighted by Gasteiger charge is 2.26. The summed E-state index contributed by atoms with van der Waals surface area (Å²) in [6, 6.07) is 25.2. The number of hydrogen-bond acceptors (Lipinski definition) is 3. The molecule has 3 aromatic carbocycles. The van der Waals surface area contributed by atoms with Crippen molar-refractivity contribution in [3.63, 3.8) is 0 Å². The van der Waals surface area contributed by atoms with Crippen LogP contribution in [0.3, 0.4) is 0 Å². The van der Waals surface area contributed by atoms with E-state index in [-0.39, 0.29) is 5.91 Å². The third-order valence-corrected chi connectivity index (χ3v) is 4.31. The average molecular weight is 340 g/mol. The molecule has 0 bridgehead atoms. The number of benzene rings is 3. The molecule has 4 rings (SSSR count). The predicted molar refractivity (Wildman–Crippen MR) is 102 cm³/mol. The van der Waals surface area contributed by atoms with Crippen LogP contribution in [-0.4, -0.2) is 11.8 Å². The Balaban J connectivity index is 1.59. The van der Waals surface area contributed by atoms with Gasteiger partial charge in [0.05, 0.1) is 5.57 Å². The highest BCUT2D eigenvalue weighted by Crippen LogP contribution is 2.25. The summed E-state index contributed by atoms with van der Waals surface area (Å²) in [7, 11) is 0. The van der Waals surface area contributed by atoms with Gasteiger partial charge in [0.15, 0.2) is 0 Å². The van der Waals surface area contributed by atoms with Crippen molar-refractivity contribution in [2.24, 2.45) is 0 Å². The molecule has 0 unspecified atom stereocenters. The van der Waals surface area contributed by atoms with E-state index in [1.54, 1.807) is 24.4 Å². The van der Waals surface area contributed by atoms with Gasteiger partial charge in [-0.1, -0.05) is 60.7 Å². The van der Waals surface area contributed by atoms with E-state index in [9.17, 15) is 9.59 Å². The molecule has 1 aliphatic heterocycles. The smallest absolute Gasteiger partial charge is 0.260 e. The summed E-state index contributed by atoms with van der Waals surface area (Å²) in [4.78, 5) is 24.1. The van der Waals surface area contributed by atoms with Gasteiger partial charge in [0.1, 0.15) is 0 Å². The fourth-order valence-electron chi connectivity index (χ4n) is 2.96. The molecular weight excluding hydrogens is 324 g/mol. The van der Waals surface area contributed by atoms with Crippen LogP contribution >= 0.6 is 0 Å². The summed E-state index contributed by atoms with van der Waals surface area (Å²) < 4.78 is 0. The highest BCUT2D eigenvalue weighted by atomic mass is 16.2. The summed E-state index contributed by atoms with van der Waals surface area (Å²) in [5.74, 6) is -0.767.